The van der Waals surface area contributed by atoms with E-state index in [1.165, 1.54) is 37.9 Å². The summed E-state index contributed by atoms with van der Waals surface area (Å²) in [7, 11) is 0. The molecule has 1 aromatic rings. The third kappa shape index (κ3) is 3.20. The number of nitrogens with zero attached hydrogens (tertiary/aromatic N) is 3. The van der Waals surface area contributed by atoms with Gasteiger partial charge in [-0.05, 0) is 24.8 Å². The van der Waals surface area contributed by atoms with Gasteiger partial charge in [-0.25, -0.2) is 0 Å². The maximum atomic E-state index is 10.6. The molecule has 0 unspecified atom stereocenters. The van der Waals surface area contributed by atoms with Gasteiger partial charge >= 0.3 is 5.97 Å². The Hall–Kier alpha value is -1.36. The van der Waals surface area contributed by atoms with Crippen LogP contribution in [0.4, 0.5) is 0 Å². The van der Waals surface area contributed by atoms with E-state index in [1.54, 1.807) is 0 Å². The highest BCUT2D eigenvalue weighted by Gasteiger charge is 2.23. The molecule has 1 N–H and O–H groups in total. The number of carboxylic acids is 1. The summed E-state index contributed by atoms with van der Waals surface area (Å²) in [5, 5.41) is 13.3. The molecule has 110 valence electrons. The summed E-state index contributed by atoms with van der Waals surface area (Å²) >= 11 is 0. The van der Waals surface area contributed by atoms with Crippen LogP contribution in [0.3, 0.4) is 0 Å². The van der Waals surface area contributed by atoms with Crippen LogP contribution in [-0.2, 0) is 24.3 Å². The summed E-state index contributed by atoms with van der Waals surface area (Å²) in [6.45, 7) is 4.20. The maximum Gasteiger partial charge on any atom is 0.303 e. The average Bonchev–Trinajstić information content (AvgIpc) is 3.04. The fourth-order valence-corrected chi connectivity index (χ4v) is 3.45. The van der Waals surface area contributed by atoms with Crippen LogP contribution in [-0.4, -0.2) is 38.8 Å². The lowest BCUT2D eigenvalue weighted by Gasteiger charge is -2.29. The molecule has 5 heteroatoms. The first-order chi connectivity index (χ1) is 9.70. The summed E-state index contributed by atoms with van der Waals surface area (Å²) in [5.74, 6) is 0.134. The van der Waals surface area contributed by atoms with E-state index in [4.69, 9.17) is 5.11 Å². The molecule has 0 spiro atoms. The largest absolute Gasteiger partial charge is 0.481 e. The molecule has 0 bridgehead atoms. The third-order valence-corrected chi connectivity index (χ3v) is 4.51. The van der Waals surface area contributed by atoms with Gasteiger partial charge in [-0.3, -0.25) is 14.4 Å². The average molecular weight is 277 g/mol. The Kier molecular flexibility index (Phi) is 4.05. The van der Waals surface area contributed by atoms with E-state index in [9.17, 15) is 4.79 Å². The van der Waals surface area contributed by atoms with Crippen LogP contribution >= 0.6 is 0 Å². The Labute approximate surface area is 119 Å². The highest BCUT2D eigenvalue weighted by atomic mass is 16.4. The van der Waals surface area contributed by atoms with Gasteiger partial charge in [0.2, 0.25) is 0 Å². The van der Waals surface area contributed by atoms with Crippen molar-refractivity contribution in [1.82, 2.24) is 14.7 Å². The number of hydrogen-bond acceptors (Lipinski definition) is 3. The summed E-state index contributed by atoms with van der Waals surface area (Å²) in [5.41, 5.74) is 2.17. The number of aliphatic carboxylic acids is 1. The molecule has 1 aromatic heterocycles. The van der Waals surface area contributed by atoms with Crippen LogP contribution in [0.1, 0.15) is 43.5 Å². The molecule has 0 atom stereocenters. The van der Waals surface area contributed by atoms with Crippen molar-refractivity contribution in [1.29, 1.82) is 0 Å². The van der Waals surface area contributed by atoms with Crippen molar-refractivity contribution >= 4 is 5.97 Å². The summed E-state index contributed by atoms with van der Waals surface area (Å²) in [6, 6.07) is 2.09. The number of aromatic nitrogens is 2. The number of carbonyl (C=O) groups is 1. The number of aryl methyl sites for hydroxylation is 1. The van der Waals surface area contributed by atoms with Gasteiger partial charge < -0.3 is 5.11 Å². The first-order valence-corrected chi connectivity index (χ1v) is 7.70. The van der Waals surface area contributed by atoms with Gasteiger partial charge in [-0.1, -0.05) is 12.8 Å². The van der Waals surface area contributed by atoms with E-state index in [2.05, 4.69) is 20.7 Å². The molecule has 0 radical (unpaired) electrons. The van der Waals surface area contributed by atoms with E-state index in [-0.39, 0.29) is 6.42 Å². The molecule has 1 saturated carbocycles. The van der Waals surface area contributed by atoms with E-state index in [1.807, 2.05) is 0 Å². The Balaban J connectivity index is 1.57. The molecule has 2 heterocycles. The van der Waals surface area contributed by atoms with Crippen molar-refractivity contribution in [2.45, 2.75) is 51.6 Å². The highest BCUT2D eigenvalue weighted by Crippen LogP contribution is 2.26. The van der Waals surface area contributed by atoms with E-state index in [0.29, 0.717) is 6.42 Å². The summed E-state index contributed by atoms with van der Waals surface area (Å²) < 4.78 is 2.06. The van der Waals surface area contributed by atoms with Gasteiger partial charge in [0.1, 0.15) is 0 Å². The van der Waals surface area contributed by atoms with Gasteiger partial charge in [0, 0.05) is 26.1 Å². The van der Waals surface area contributed by atoms with Crippen molar-refractivity contribution in [2.24, 2.45) is 5.92 Å². The molecule has 1 fully saturated rings. The Morgan fingerprint density at radius 2 is 2.15 bits per heavy atom. The topological polar surface area (TPSA) is 58.4 Å². The first kappa shape index (κ1) is 13.6. The Morgan fingerprint density at radius 1 is 1.35 bits per heavy atom. The standard InChI is InChI=1S/C15H23N3O2/c19-15(20)6-5-13-9-14-11-17(7-8-18(14)16-13)10-12-3-1-2-4-12/h9,12H,1-8,10-11H2,(H,19,20). The molecule has 3 rings (SSSR count). The molecule has 5 nitrogen and oxygen atoms in total. The molecule has 2 aliphatic rings. The van der Waals surface area contributed by atoms with E-state index >= 15 is 0 Å². The smallest absolute Gasteiger partial charge is 0.303 e. The molecule has 0 aromatic carbocycles. The van der Waals surface area contributed by atoms with Gasteiger partial charge in [-0.2, -0.15) is 5.10 Å². The van der Waals surface area contributed by atoms with Crippen molar-refractivity contribution in [2.75, 3.05) is 13.1 Å². The zero-order valence-corrected chi connectivity index (χ0v) is 11.9. The monoisotopic (exact) mass is 277 g/mol. The minimum atomic E-state index is -0.751. The van der Waals surface area contributed by atoms with Crippen LogP contribution in [0.15, 0.2) is 6.07 Å². The van der Waals surface area contributed by atoms with Crippen molar-refractivity contribution in [3.8, 4) is 0 Å². The third-order valence-electron chi connectivity index (χ3n) is 4.51. The van der Waals surface area contributed by atoms with Gasteiger partial charge in [0.15, 0.2) is 0 Å². The Morgan fingerprint density at radius 3 is 2.90 bits per heavy atom. The van der Waals surface area contributed by atoms with Crippen molar-refractivity contribution in [3.63, 3.8) is 0 Å². The van der Waals surface area contributed by atoms with Crippen molar-refractivity contribution in [3.05, 3.63) is 17.5 Å². The van der Waals surface area contributed by atoms with E-state index < -0.39 is 5.97 Å². The van der Waals surface area contributed by atoms with Crippen LogP contribution in [0.25, 0.3) is 0 Å². The zero-order valence-electron chi connectivity index (χ0n) is 11.9. The minimum absolute atomic E-state index is 0.169. The number of hydrogen-bond donors (Lipinski definition) is 1. The van der Waals surface area contributed by atoms with Crippen LogP contribution in [0.2, 0.25) is 0 Å². The molecule has 1 aliphatic carbocycles. The zero-order chi connectivity index (χ0) is 13.9. The molecule has 1 aliphatic heterocycles. The predicted molar refractivity (Wildman–Crippen MR) is 75.4 cm³/mol. The second-order valence-corrected chi connectivity index (χ2v) is 6.13. The fraction of sp³-hybridized carbons (Fsp3) is 0.733. The van der Waals surface area contributed by atoms with Crippen molar-refractivity contribution < 1.29 is 9.90 Å². The number of rotatable bonds is 5. The van der Waals surface area contributed by atoms with E-state index in [0.717, 1.165) is 31.2 Å². The quantitative estimate of drug-likeness (QED) is 0.893. The van der Waals surface area contributed by atoms with Crippen LogP contribution in [0, 0.1) is 5.92 Å². The summed E-state index contributed by atoms with van der Waals surface area (Å²) in [4.78, 5) is 13.2. The number of fused-ring (bicyclic) bond motifs is 1. The normalized spacial score (nSPS) is 20.2. The second kappa shape index (κ2) is 5.95. The lowest BCUT2D eigenvalue weighted by atomic mass is 10.1. The van der Waals surface area contributed by atoms with Gasteiger partial charge in [-0.15, -0.1) is 0 Å². The maximum absolute atomic E-state index is 10.6. The molecule has 20 heavy (non-hydrogen) atoms. The number of carboxylic acid groups (broad SMARTS) is 1. The molecule has 0 saturated heterocycles. The molecule has 0 amide bonds. The fourth-order valence-electron chi connectivity index (χ4n) is 3.45. The van der Waals surface area contributed by atoms with Gasteiger partial charge in [0.25, 0.3) is 0 Å². The summed E-state index contributed by atoms with van der Waals surface area (Å²) in [6.07, 6.45) is 6.28. The second-order valence-electron chi connectivity index (χ2n) is 6.13. The van der Waals surface area contributed by atoms with Gasteiger partial charge in [0.05, 0.1) is 24.4 Å². The SMILES string of the molecule is O=C(O)CCc1cc2n(n1)CCN(CC1CCCC1)C2. The molecular weight excluding hydrogens is 254 g/mol. The Bertz CT molecular complexity index is 477. The minimum Gasteiger partial charge on any atom is -0.481 e. The highest BCUT2D eigenvalue weighted by molar-refractivity contribution is 5.66. The predicted octanol–water partition coefficient (Wildman–Crippen LogP) is 1.91. The molecular formula is C15H23N3O2. The van der Waals surface area contributed by atoms with Crippen LogP contribution < -0.4 is 0 Å². The first-order valence-electron chi connectivity index (χ1n) is 7.70. The lowest BCUT2D eigenvalue weighted by molar-refractivity contribution is -0.136. The lowest BCUT2D eigenvalue weighted by Crippen LogP contribution is -2.36. The van der Waals surface area contributed by atoms with Crippen LogP contribution in [0.5, 0.6) is 0 Å².